The van der Waals surface area contributed by atoms with Gasteiger partial charge < -0.3 is 10.4 Å². The Morgan fingerprint density at radius 1 is 1.67 bits per heavy atom. The third-order valence-electron chi connectivity index (χ3n) is 3.50. The van der Waals surface area contributed by atoms with Crippen LogP contribution in [-0.2, 0) is 10.4 Å². The fraction of sp³-hybridized carbons (Fsp3) is 0.583. The van der Waals surface area contributed by atoms with Crippen LogP contribution in [-0.4, -0.2) is 21.9 Å². The maximum Gasteiger partial charge on any atom is 0.229 e. The van der Waals surface area contributed by atoms with Crippen molar-refractivity contribution in [2.75, 3.05) is 6.54 Å². The monoisotopic (exact) mass is 307 g/mol. The Balaban J connectivity index is 1.95. The molecule has 1 saturated carbocycles. The molecule has 1 aromatic heterocycles. The molecular weight excluding hydrogens is 293 g/mol. The number of carbonyl (C=O) groups is 1. The highest BCUT2D eigenvalue weighted by molar-refractivity contribution is 7.08. The van der Waals surface area contributed by atoms with Gasteiger partial charge in [0.2, 0.25) is 5.91 Å². The van der Waals surface area contributed by atoms with E-state index in [1.165, 1.54) is 11.3 Å². The standard InChI is InChI=1S/C12H15Cl2NO2S/c1-10(6-12(10,13)14)9(16)15-7-11(2,17)8-3-4-18-5-8/h3-5,17H,6-7H2,1-2H3,(H,15,16). The zero-order valence-corrected chi connectivity index (χ0v) is 12.5. The Morgan fingerprint density at radius 3 is 2.72 bits per heavy atom. The van der Waals surface area contributed by atoms with E-state index in [0.29, 0.717) is 6.42 Å². The first kappa shape index (κ1) is 14.1. The number of halogens is 2. The van der Waals surface area contributed by atoms with Gasteiger partial charge in [0.15, 0.2) is 0 Å². The summed E-state index contributed by atoms with van der Waals surface area (Å²) >= 11 is 13.4. The van der Waals surface area contributed by atoms with E-state index in [4.69, 9.17) is 23.2 Å². The first-order valence-electron chi connectivity index (χ1n) is 5.60. The molecule has 1 fully saturated rings. The summed E-state index contributed by atoms with van der Waals surface area (Å²) in [4.78, 5) is 12.0. The molecule has 100 valence electrons. The van der Waals surface area contributed by atoms with Crippen LogP contribution < -0.4 is 5.32 Å². The van der Waals surface area contributed by atoms with Crippen molar-refractivity contribution in [1.82, 2.24) is 5.32 Å². The highest BCUT2D eigenvalue weighted by Gasteiger charge is 2.67. The molecule has 2 unspecified atom stereocenters. The van der Waals surface area contributed by atoms with Gasteiger partial charge in [0.1, 0.15) is 9.93 Å². The van der Waals surface area contributed by atoms with Gasteiger partial charge in [-0.05, 0) is 42.7 Å². The fourth-order valence-corrected chi connectivity index (χ4v) is 3.26. The summed E-state index contributed by atoms with van der Waals surface area (Å²) in [5.74, 6) is -0.219. The molecule has 1 aliphatic rings. The summed E-state index contributed by atoms with van der Waals surface area (Å²) in [7, 11) is 0. The molecule has 6 heteroatoms. The van der Waals surface area contributed by atoms with Gasteiger partial charge in [-0.15, -0.1) is 23.2 Å². The molecule has 0 aliphatic heterocycles. The Morgan fingerprint density at radius 2 is 2.28 bits per heavy atom. The molecule has 2 atom stereocenters. The zero-order valence-electron chi connectivity index (χ0n) is 10.2. The fourth-order valence-electron chi connectivity index (χ4n) is 1.77. The van der Waals surface area contributed by atoms with Crippen molar-refractivity contribution < 1.29 is 9.90 Å². The lowest BCUT2D eigenvalue weighted by molar-refractivity contribution is -0.127. The summed E-state index contributed by atoms with van der Waals surface area (Å²) < 4.78 is -0.981. The topological polar surface area (TPSA) is 49.3 Å². The summed E-state index contributed by atoms with van der Waals surface area (Å²) in [6, 6.07) is 1.84. The third-order valence-corrected chi connectivity index (χ3v) is 5.28. The summed E-state index contributed by atoms with van der Waals surface area (Å²) in [5, 5.41) is 16.7. The average Bonchev–Trinajstić information content (AvgIpc) is 2.74. The number of carbonyl (C=O) groups excluding carboxylic acids is 1. The second-order valence-corrected chi connectivity index (χ2v) is 7.45. The van der Waals surface area contributed by atoms with E-state index in [2.05, 4.69) is 5.32 Å². The second-order valence-electron chi connectivity index (χ2n) is 5.18. The van der Waals surface area contributed by atoms with Crippen LogP contribution in [0.25, 0.3) is 0 Å². The van der Waals surface area contributed by atoms with Crippen LogP contribution in [0.15, 0.2) is 16.8 Å². The van der Waals surface area contributed by atoms with Crippen LogP contribution in [0.4, 0.5) is 0 Å². The molecule has 2 N–H and O–H groups in total. The van der Waals surface area contributed by atoms with Gasteiger partial charge in [0.05, 0.1) is 12.0 Å². The highest BCUT2D eigenvalue weighted by Crippen LogP contribution is 2.63. The number of alkyl halides is 2. The average molecular weight is 308 g/mol. The maximum absolute atomic E-state index is 12.0. The van der Waals surface area contributed by atoms with Gasteiger partial charge in [0, 0.05) is 0 Å². The lowest BCUT2D eigenvalue weighted by Crippen LogP contribution is -2.42. The minimum Gasteiger partial charge on any atom is -0.384 e. The largest absolute Gasteiger partial charge is 0.384 e. The highest BCUT2D eigenvalue weighted by atomic mass is 35.5. The van der Waals surface area contributed by atoms with Crippen molar-refractivity contribution in [3.05, 3.63) is 22.4 Å². The van der Waals surface area contributed by atoms with Crippen LogP contribution in [0.3, 0.4) is 0 Å². The lowest BCUT2D eigenvalue weighted by atomic mass is 9.99. The van der Waals surface area contributed by atoms with Crippen molar-refractivity contribution in [2.45, 2.75) is 30.2 Å². The number of aliphatic hydroxyl groups is 1. The molecule has 1 heterocycles. The third kappa shape index (κ3) is 2.39. The van der Waals surface area contributed by atoms with E-state index in [-0.39, 0.29) is 12.5 Å². The van der Waals surface area contributed by atoms with E-state index in [1.807, 2.05) is 16.8 Å². The molecule has 0 saturated heterocycles. The van der Waals surface area contributed by atoms with Crippen LogP contribution in [0.1, 0.15) is 25.8 Å². The first-order chi connectivity index (χ1) is 8.19. The Bertz CT molecular complexity index is 459. The van der Waals surface area contributed by atoms with Gasteiger partial charge >= 0.3 is 0 Å². The summed E-state index contributed by atoms with van der Waals surface area (Å²) in [6.07, 6.45) is 0.440. The van der Waals surface area contributed by atoms with Crippen molar-refractivity contribution >= 4 is 40.4 Å². The number of amides is 1. The van der Waals surface area contributed by atoms with Crippen molar-refractivity contribution in [3.63, 3.8) is 0 Å². The second kappa shape index (κ2) is 4.37. The number of hydrogen-bond donors (Lipinski definition) is 2. The molecule has 0 radical (unpaired) electrons. The van der Waals surface area contributed by atoms with Crippen LogP contribution in [0.2, 0.25) is 0 Å². The minimum atomic E-state index is -1.08. The molecule has 0 bridgehead atoms. The Kier molecular flexibility index (Phi) is 3.43. The van der Waals surface area contributed by atoms with Gasteiger partial charge in [-0.1, -0.05) is 0 Å². The molecule has 1 aromatic rings. The van der Waals surface area contributed by atoms with Crippen molar-refractivity contribution in [3.8, 4) is 0 Å². The van der Waals surface area contributed by atoms with Crippen LogP contribution in [0.5, 0.6) is 0 Å². The van der Waals surface area contributed by atoms with Crippen molar-refractivity contribution in [1.29, 1.82) is 0 Å². The molecule has 2 rings (SSSR count). The predicted molar refractivity (Wildman–Crippen MR) is 74.1 cm³/mol. The summed E-state index contributed by atoms with van der Waals surface area (Å²) in [6.45, 7) is 3.53. The van der Waals surface area contributed by atoms with E-state index >= 15 is 0 Å². The van der Waals surface area contributed by atoms with Crippen LogP contribution in [0, 0.1) is 5.41 Å². The van der Waals surface area contributed by atoms with E-state index in [0.717, 1.165) is 5.56 Å². The van der Waals surface area contributed by atoms with E-state index in [1.54, 1.807) is 13.8 Å². The number of rotatable bonds is 4. The van der Waals surface area contributed by atoms with Gasteiger partial charge in [-0.25, -0.2) is 0 Å². The molecule has 1 aliphatic carbocycles. The van der Waals surface area contributed by atoms with E-state index < -0.39 is 15.3 Å². The predicted octanol–water partition coefficient (Wildman–Crippen LogP) is 2.66. The Hall–Kier alpha value is -0.290. The molecular formula is C12H15Cl2NO2S. The smallest absolute Gasteiger partial charge is 0.229 e. The summed E-state index contributed by atoms with van der Waals surface area (Å²) in [5.41, 5.74) is -1.04. The number of hydrogen-bond acceptors (Lipinski definition) is 3. The first-order valence-corrected chi connectivity index (χ1v) is 7.30. The van der Waals surface area contributed by atoms with Crippen LogP contribution >= 0.6 is 34.5 Å². The minimum absolute atomic E-state index is 0.141. The normalized spacial score (nSPS) is 28.5. The maximum atomic E-state index is 12.0. The van der Waals surface area contributed by atoms with Crippen molar-refractivity contribution in [2.24, 2.45) is 5.41 Å². The van der Waals surface area contributed by atoms with Gasteiger partial charge in [0.25, 0.3) is 0 Å². The quantitative estimate of drug-likeness (QED) is 0.840. The lowest BCUT2D eigenvalue weighted by Gasteiger charge is -2.24. The number of nitrogens with one attached hydrogen (secondary N) is 1. The molecule has 1 amide bonds. The van der Waals surface area contributed by atoms with Gasteiger partial charge in [-0.2, -0.15) is 11.3 Å². The van der Waals surface area contributed by atoms with Gasteiger partial charge in [-0.3, -0.25) is 4.79 Å². The number of thiophene rings is 1. The Labute approximate surface area is 120 Å². The molecule has 0 spiro atoms. The molecule has 18 heavy (non-hydrogen) atoms. The molecule has 3 nitrogen and oxygen atoms in total. The zero-order chi connectivity index (χ0) is 13.6. The van der Waals surface area contributed by atoms with E-state index in [9.17, 15) is 9.90 Å². The SMILES string of the molecule is CC(O)(CNC(=O)C1(C)CC1(Cl)Cl)c1ccsc1. The molecule has 0 aromatic carbocycles.